The topological polar surface area (TPSA) is 34.2 Å². The van der Waals surface area contributed by atoms with Gasteiger partial charge >= 0.3 is 0 Å². The van der Waals surface area contributed by atoms with Crippen molar-refractivity contribution in [3.8, 4) is 5.75 Å². The number of nitrogens with one attached hydrogen (secondary N) is 1. The van der Waals surface area contributed by atoms with Crippen molar-refractivity contribution in [1.82, 2.24) is 10.3 Å². The summed E-state index contributed by atoms with van der Waals surface area (Å²) >= 11 is 0. The molecule has 1 aromatic carbocycles. The molecule has 20 heavy (non-hydrogen) atoms. The summed E-state index contributed by atoms with van der Waals surface area (Å²) in [7, 11) is 1.99. The number of hydrogen-bond donors (Lipinski definition) is 1. The Morgan fingerprint density at radius 1 is 1.25 bits per heavy atom. The second-order valence-corrected chi connectivity index (χ2v) is 5.24. The molecule has 0 aliphatic carbocycles. The Morgan fingerprint density at radius 2 is 2.15 bits per heavy atom. The third kappa shape index (κ3) is 2.29. The lowest BCUT2D eigenvalue weighted by Gasteiger charge is -2.26. The molecule has 0 saturated heterocycles. The Hall–Kier alpha value is -1.87. The van der Waals surface area contributed by atoms with Crippen LogP contribution < -0.4 is 10.1 Å². The smallest absolute Gasteiger partial charge is 0.127 e. The lowest BCUT2D eigenvalue weighted by Crippen LogP contribution is -2.21. The lowest BCUT2D eigenvalue weighted by molar-refractivity contribution is 0.283. The van der Waals surface area contributed by atoms with Crippen molar-refractivity contribution in [2.45, 2.75) is 25.8 Å². The van der Waals surface area contributed by atoms with Gasteiger partial charge in [0.25, 0.3) is 0 Å². The molecule has 104 valence electrons. The Labute approximate surface area is 120 Å². The molecule has 0 saturated carbocycles. The summed E-state index contributed by atoms with van der Waals surface area (Å²) in [5, 5.41) is 3.41. The van der Waals surface area contributed by atoms with Gasteiger partial charge in [0.15, 0.2) is 0 Å². The first-order valence-electron chi connectivity index (χ1n) is 7.13. The summed E-state index contributed by atoms with van der Waals surface area (Å²) in [6.45, 7) is 2.93. The Bertz CT molecular complexity index is 610. The zero-order chi connectivity index (χ0) is 13.9. The molecule has 1 aromatic heterocycles. The van der Waals surface area contributed by atoms with E-state index >= 15 is 0 Å². The van der Waals surface area contributed by atoms with Crippen LogP contribution in [0.5, 0.6) is 5.75 Å². The second kappa shape index (κ2) is 5.63. The summed E-state index contributed by atoms with van der Waals surface area (Å²) in [5.74, 6) is 1.06. The van der Waals surface area contributed by atoms with E-state index in [4.69, 9.17) is 4.74 Å². The van der Waals surface area contributed by atoms with Crippen LogP contribution in [0.1, 0.15) is 34.7 Å². The largest absolute Gasteiger partial charge is 0.493 e. The number of rotatable bonds is 3. The molecule has 1 N–H and O–H groups in total. The van der Waals surface area contributed by atoms with Gasteiger partial charge in [-0.25, -0.2) is 0 Å². The number of benzene rings is 1. The minimum atomic E-state index is 0.122. The minimum absolute atomic E-state index is 0.122. The van der Waals surface area contributed by atoms with Gasteiger partial charge in [0, 0.05) is 18.0 Å². The van der Waals surface area contributed by atoms with Crippen LogP contribution in [0.25, 0.3) is 0 Å². The van der Waals surface area contributed by atoms with Crippen molar-refractivity contribution in [2.75, 3.05) is 13.7 Å². The van der Waals surface area contributed by atoms with Gasteiger partial charge in [0.05, 0.1) is 12.6 Å². The lowest BCUT2D eigenvalue weighted by atomic mass is 9.92. The Kier molecular flexibility index (Phi) is 3.70. The van der Waals surface area contributed by atoms with Gasteiger partial charge in [0.1, 0.15) is 5.75 Å². The van der Waals surface area contributed by atoms with Crippen LogP contribution in [0.3, 0.4) is 0 Å². The number of fused-ring (bicyclic) bond motifs is 1. The third-order valence-electron chi connectivity index (χ3n) is 3.95. The Balaban J connectivity index is 2.09. The van der Waals surface area contributed by atoms with Gasteiger partial charge in [-0.1, -0.05) is 18.2 Å². The van der Waals surface area contributed by atoms with Gasteiger partial charge in [-0.15, -0.1) is 0 Å². The number of ether oxygens (including phenoxy) is 1. The first-order valence-corrected chi connectivity index (χ1v) is 7.13. The maximum absolute atomic E-state index is 5.94. The summed E-state index contributed by atoms with van der Waals surface area (Å²) in [6, 6.07) is 8.62. The van der Waals surface area contributed by atoms with Crippen molar-refractivity contribution in [2.24, 2.45) is 0 Å². The zero-order valence-electron chi connectivity index (χ0n) is 12.0. The molecule has 3 heteroatoms. The number of nitrogens with zero attached hydrogens (tertiary/aromatic N) is 1. The van der Waals surface area contributed by atoms with Gasteiger partial charge in [0.2, 0.25) is 0 Å². The fraction of sp³-hybridized carbons (Fsp3) is 0.353. The molecule has 3 rings (SSSR count). The fourth-order valence-corrected chi connectivity index (χ4v) is 2.90. The monoisotopic (exact) mass is 268 g/mol. The van der Waals surface area contributed by atoms with E-state index in [0.717, 1.165) is 25.2 Å². The van der Waals surface area contributed by atoms with Gasteiger partial charge in [-0.05, 0) is 49.6 Å². The number of para-hydroxylation sites is 1. The average molecular weight is 268 g/mol. The third-order valence-corrected chi connectivity index (χ3v) is 3.95. The van der Waals surface area contributed by atoms with E-state index in [1.807, 2.05) is 19.4 Å². The number of hydrogen-bond acceptors (Lipinski definition) is 3. The first kappa shape index (κ1) is 13.1. The van der Waals surface area contributed by atoms with Crippen molar-refractivity contribution < 1.29 is 4.74 Å². The molecule has 0 spiro atoms. The van der Waals surface area contributed by atoms with E-state index in [2.05, 4.69) is 41.5 Å². The summed E-state index contributed by atoms with van der Waals surface area (Å²) in [6.07, 6.45) is 5.99. The molecule has 1 aliphatic rings. The van der Waals surface area contributed by atoms with Crippen LogP contribution in [0.2, 0.25) is 0 Å². The standard InChI is InChI=1S/C17H20N2O/c1-12-8-9-19-11-15(12)16(18-2)14-7-3-5-13-6-4-10-20-17(13)14/h3,5,7-9,11,16,18H,4,6,10H2,1-2H3. The van der Waals surface area contributed by atoms with E-state index in [1.54, 1.807) is 0 Å². The highest BCUT2D eigenvalue weighted by atomic mass is 16.5. The van der Waals surface area contributed by atoms with Crippen LogP contribution in [-0.4, -0.2) is 18.6 Å². The quantitative estimate of drug-likeness (QED) is 0.929. The molecule has 1 atom stereocenters. The number of aryl methyl sites for hydroxylation is 2. The van der Waals surface area contributed by atoms with E-state index in [0.29, 0.717) is 0 Å². The van der Waals surface area contributed by atoms with Crippen molar-refractivity contribution in [1.29, 1.82) is 0 Å². The Morgan fingerprint density at radius 3 is 2.95 bits per heavy atom. The molecule has 3 nitrogen and oxygen atoms in total. The molecule has 0 amide bonds. The van der Waals surface area contributed by atoms with Crippen LogP contribution >= 0.6 is 0 Å². The van der Waals surface area contributed by atoms with Crippen LogP contribution in [0, 0.1) is 6.92 Å². The molecular formula is C17H20N2O. The zero-order valence-corrected chi connectivity index (χ0v) is 12.0. The normalized spacial score (nSPS) is 15.3. The maximum Gasteiger partial charge on any atom is 0.127 e. The number of pyridine rings is 1. The second-order valence-electron chi connectivity index (χ2n) is 5.24. The predicted octanol–water partition coefficient (Wildman–Crippen LogP) is 3.02. The van der Waals surface area contributed by atoms with Crippen LogP contribution in [0.4, 0.5) is 0 Å². The molecule has 2 heterocycles. The van der Waals surface area contributed by atoms with E-state index in [9.17, 15) is 0 Å². The highest BCUT2D eigenvalue weighted by molar-refractivity contribution is 5.48. The van der Waals surface area contributed by atoms with Crippen LogP contribution in [-0.2, 0) is 6.42 Å². The first-order chi connectivity index (χ1) is 9.81. The molecule has 0 fully saturated rings. The minimum Gasteiger partial charge on any atom is -0.493 e. The van der Waals surface area contributed by atoms with E-state index < -0.39 is 0 Å². The average Bonchev–Trinajstić information content (AvgIpc) is 2.50. The highest BCUT2D eigenvalue weighted by Gasteiger charge is 2.22. The van der Waals surface area contributed by atoms with Gasteiger partial charge in [-0.2, -0.15) is 0 Å². The summed E-state index contributed by atoms with van der Waals surface area (Å²) in [5.41, 5.74) is 4.97. The van der Waals surface area contributed by atoms with Crippen molar-refractivity contribution in [3.05, 3.63) is 58.9 Å². The number of aromatic nitrogens is 1. The SMILES string of the molecule is CNC(c1cnccc1C)c1cccc2c1OCCC2. The highest BCUT2D eigenvalue weighted by Crippen LogP contribution is 2.36. The van der Waals surface area contributed by atoms with Gasteiger partial charge in [-0.3, -0.25) is 4.98 Å². The molecule has 1 unspecified atom stereocenters. The summed E-state index contributed by atoms with van der Waals surface area (Å²) < 4.78 is 5.94. The van der Waals surface area contributed by atoms with Gasteiger partial charge < -0.3 is 10.1 Å². The summed E-state index contributed by atoms with van der Waals surface area (Å²) in [4.78, 5) is 4.27. The molecule has 1 aliphatic heterocycles. The van der Waals surface area contributed by atoms with Crippen molar-refractivity contribution >= 4 is 0 Å². The molecule has 2 aromatic rings. The predicted molar refractivity (Wildman–Crippen MR) is 80.1 cm³/mol. The molecule has 0 radical (unpaired) electrons. The molecule has 0 bridgehead atoms. The van der Waals surface area contributed by atoms with E-state index in [1.165, 1.54) is 22.3 Å². The van der Waals surface area contributed by atoms with Crippen molar-refractivity contribution in [3.63, 3.8) is 0 Å². The maximum atomic E-state index is 5.94. The van der Waals surface area contributed by atoms with Crippen LogP contribution in [0.15, 0.2) is 36.7 Å². The van der Waals surface area contributed by atoms with E-state index in [-0.39, 0.29) is 6.04 Å². The molecular weight excluding hydrogens is 248 g/mol. The fourth-order valence-electron chi connectivity index (χ4n) is 2.90.